The van der Waals surface area contributed by atoms with Gasteiger partial charge in [0, 0.05) is 4.32 Å². The lowest BCUT2D eigenvalue weighted by atomic mass is 9.49. The average molecular weight is 315 g/mol. The summed E-state index contributed by atoms with van der Waals surface area (Å²) in [6.45, 7) is -0.0365. The van der Waals surface area contributed by atoms with Crippen LogP contribution >= 0.6 is 15.9 Å². The summed E-state index contributed by atoms with van der Waals surface area (Å²) >= 11 is 3.87. The Morgan fingerprint density at radius 3 is 2.33 bits per heavy atom. The molecule has 4 saturated carbocycles. The van der Waals surface area contributed by atoms with Crippen LogP contribution in [0, 0.1) is 17.3 Å². The lowest BCUT2D eigenvalue weighted by Gasteiger charge is -2.59. The van der Waals surface area contributed by atoms with Crippen LogP contribution < -0.4 is 11.1 Å². The number of rotatable bonds is 3. The Balaban J connectivity index is 1.78. The molecule has 0 aromatic heterocycles. The normalized spacial score (nSPS) is 44.9. The van der Waals surface area contributed by atoms with Crippen molar-refractivity contribution in [3.05, 3.63) is 0 Å². The molecule has 4 nitrogen and oxygen atoms in total. The number of carbonyl (C=O) groups excluding carboxylic acids is 2. The van der Waals surface area contributed by atoms with Crippen molar-refractivity contribution in [2.45, 2.75) is 42.8 Å². The van der Waals surface area contributed by atoms with Crippen molar-refractivity contribution in [2.75, 3.05) is 6.54 Å². The van der Waals surface area contributed by atoms with Gasteiger partial charge in [0.15, 0.2) is 0 Å². The van der Waals surface area contributed by atoms with Crippen molar-refractivity contribution in [1.82, 2.24) is 5.32 Å². The molecule has 4 bridgehead atoms. The van der Waals surface area contributed by atoms with E-state index in [-0.39, 0.29) is 22.2 Å². The Labute approximate surface area is 115 Å². The summed E-state index contributed by atoms with van der Waals surface area (Å²) in [6, 6.07) is 0. The molecule has 0 saturated heterocycles. The van der Waals surface area contributed by atoms with Crippen LogP contribution in [-0.2, 0) is 9.59 Å². The number of nitrogens with one attached hydrogen (secondary N) is 1. The van der Waals surface area contributed by atoms with E-state index >= 15 is 0 Å². The third kappa shape index (κ3) is 1.96. The van der Waals surface area contributed by atoms with Crippen molar-refractivity contribution in [2.24, 2.45) is 23.0 Å². The van der Waals surface area contributed by atoms with Gasteiger partial charge in [0.1, 0.15) is 0 Å². The van der Waals surface area contributed by atoms with Crippen molar-refractivity contribution in [3.63, 3.8) is 0 Å². The van der Waals surface area contributed by atoms with E-state index in [0.29, 0.717) is 11.8 Å². The number of hydrogen-bond acceptors (Lipinski definition) is 2. The SMILES string of the molecule is NC(=O)CNC(=O)C12CC3CC(CC(Br)(C3)C1)C2. The minimum atomic E-state index is -0.471. The molecule has 0 aliphatic heterocycles. The van der Waals surface area contributed by atoms with Crippen LogP contribution in [0.25, 0.3) is 0 Å². The topological polar surface area (TPSA) is 72.2 Å². The fraction of sp³-hybridized carbons (Fsp3) is 0.846. The highest BCUT2D eigenvalue weighted by Crippen LogP contribution is 2.64. The van der Waals surface area contributed by atoms with Gasteiger partial charge in [-0.05, 0) is 50.4 Å². The summed E-state index contributed by atoms with van der Waals surface area (Å²) in [7, 11) is 0. The van der Waals surface area contributed by atoms with Gasteiger partial charge in [0.2, 0.25) is 11.8 Å². The maximum Gasteiger partial charge on any atom is 0.236 e. The largest absolute Gasteiger partial charge is 0.368 e. The van der Waals surface area contributed by atoms with Gasteiger partial charge in [0.25, 0.3) is 0 Å². The highest BCUT2D eigenvalue weighted by atomic mass is 79.9. The van der Waals surface area contributed by atoms with Gasteiger partial charge in [-0.1, -0.05) is 15.9 Å². The van der Waals surface area contributed by atoms with Crippen molar-refractivity contribution in [1.29, 1.82) is 0 Å². The summed E-state index contributed by atoms with van der Waals surface area (Å²) in [5.74, 6) is 0.913. The molecule has 0 radical (unpaired) electrons. The molecule has 0 aromatic rings. The summed E-state index contributed by atoms with van der Waals surface area (Å²) in [4.78, 5) is 23.2. The van der Waals surface area contributed by atoms with Gasteiger partial charge in [-0.3, -0.25) is 9.59 Å². The molecular weight excluding hydrogens is 296 g/mol. The Morgan fingerprint density at radius 1 is 1.22 bits per heavy atom. The lowest BCUT2D eigenvalue weighted by molar-refractivity contribution is -0.144. The number of alkyl halides is 1. The quantitative estimate of drug-likeness (QED) is 0.771. The molecule has 18 heavy (non-hydrogen) atoms. The third-order valence-electron chi connectivity index (χ3n) is 4.89. The van der Waals surface area contributed by atoms with Gasteiger partial charge >= 0.3 is 0 Å². The van der Waals surface area contributed by atoms with E-state index in [1.807, 2.05) is 0 Å². The van der Waals surface area contributed by atoms with Crippen LogP contribution in [0.2, 0.25) is 0 Å². The monoisotopic (exact) mass is 314 g/mol. The standard InChI is InChI=1S/C13H19BrN2O2/c14-13-4-8-1-9(5-13)3-12(2-8,7-13)11(18)16-6-10(15)17/h8-9H,1-7H2,(H2,15,17)(H,16,18). The highest BCUT2D eigenvalue weighted by Gasteiger charge is 2.59. The molecule has 0 spiro atoms. The van der Waals surface area contributed by atoms with Crippen LogP contribution in [0.15, 0.2) is 0 Å². The average Bonchev–Trinajstić information content (AvgIpc) is 2.22. The molecule has 2 unspecified atom stereocenters. The molecule has 0 aromatic carbocycles. The van der Waals surface area contributed by atoms with E-state index < -0.39 is 5.91 Å². The zero-order valence-corrected chi connectivity index (χ0v) is 12.0. The van der Waals surface area contributed by atoms with E-state index in [2.05, 4.69) is 21.2 Å². The molecule has 4 rings (SSSR count). The van der Waals surface area contributed by atoms with E-state index in [1.54, 1.807) is 0 Å². The van der Waals surface area contributed by atoms with Crippen LogP contribution in [0.4, 0.5) is 0 Å². The first-order chi connectivity index (χ1) is 8.41. The molecule has 4 aliphatic carbocycles. The van der Waals surface area contributed by atoms with Crippen molar-refractivity contribution >= 4 is 27.7 Å². The van der Waals surface area contributed by atoms with E-state index in [9.17, 15) is 9.59 Å². The number of primary amides is 1. The van der Waals surface area contributed by atoms with Gasteiger partial charge in [-0.25, -0.2) is 0 Å². The van der Waals surface area contributed by atoms with E-state index in [1.165, 1.54) is 19.3 Å². The summed E-state index contributed by atoms with van der Waals surface area (Å²) in [5.41, 5.74) is 4.85. The number of nitrogens with two attached hydrogens (primary N) is 1. The van der Waals surface area contributed by atoms with Crippen LogP contribution in [0.1, 0.15) is 38.5 Å². The zero-order chi connectivity index (χ0) is 13.0. The first kappa shape index (κ1) is 12.5. The maximum atomic E-state index is 12.4. The second kappa shape index (κ2) is 3.95. The molecule has 2 atom stereocenters. The summed E-state index contributed by atoms with van der Waals surface area (Å²) < 4.78 is 0.168. The first-order valence-electron chi connectivity index (χ1n) is 6.66. The minimum Gasteiger partial charge on any atom is -0.368 e. The predicted molar refractivity (Wildman–Crippen MR) is 71.0 cm³/mol. The molecule has 0 heterocycles. The fourth-order valence-electron chi connectivity index (χ4n) is 4.77. The van der Waals surface area contributed by atoms with Gasteiger partial charge in [-0.15, -0.1) is 0 Å². The highest BCUT2D eigenvalue weighted by molar-refractivity contribution is 9.10. The molecule has 100 valence electrons. The van der Waals surface area contributed by atoms with Crippen LogP contribution in [0.5, 0.6) is 0 Å². The molecule has 4 aliphatic rings. The maximum absolute atomic E-state index is 12.4. The Morgan fingerprint density at radius 2 is 1.83 bits per heavy atom. The molecule has 3 N–H and O–H groups in total. The van der Waals surface area contributed by atoms with E-state index in [0.717, 1.165) is 19.3 Å². The number of hydrogen-bond donors (Lipinski definition) is 2. The van der Waals surface area contributed by atoms with E-state index in [4.69, 9.17) is 5.73 Å². The zero-order valence-electron chi connectivity index (χ0n) is 10.4. The van der Waals surface area contributed by atoms with Crippen molar-refractivity contribution < 1.29 is 9.59 Å². The fourth-order valence-corrected chi connectivity index (χ4v) is 6.22. The first-order valence-corrected chi connectivity index (χ1v) is 7.46. The lowest BCUT2D eigenvalue weighted by Crippen LogP contribution is -2.58. The number of amides is 2. The Bertz CT molecular complexity index is 396. The number of carbonyl (C=O) groups is 2. The smallest absolute Gasteiger partial charge is 0.236 e. The van der Waals surface area contributed by atoms with Crippen LogP contribution in [0.3, 0.4) is 0 Å². The minimum absolute atomic E-state index is 0.0365. The molecule has 2 amide bonds. The Hall–Kier alpha value is -0.580. The second-order valence-corrected chi connectivity index (χ2v) is 8.22. The second-order valence-electron chi connectivity index (χ2n) is 6.54. The predicted octanol–water partition coefficient (Wildman–Crippen LogP) is 1.32. The van der Waals surface area contributed by atoms with Gasteiger partial charge in [0.05, 0.1) is 12.0 Å². The molecule has 4 fully saturated rings. The summed E-state index contributed by atoms with van der Waals surface area (Å²) in [6.07, 6.45) is 6.57. The molecular formula is C13H19BrN2O2. The van der Waals surface area contributed by atoms with Crippen molar-refractivity contribution in [3.8, 4) is 0 Å². The number of halogens is 1. The summed E-state index contributed by atoms with van der Waals surface area (Å²) in [5, 5.41) is 2.72. The van der Waals surface area contributed by atoms with Gasteiger partial charge < -0.3 is 11.1 Å². The van der Waals surface area contributed by atoms with Crippen LogP contribution in [-0.4, -0.2) is 22.7 Å². The Kier molecular flexibility index (Phi) is 2.74. The molecule has 5 heteroatoms. The van der Waals surface area contributed by atoms with Gasteiger partial charge in [-0.2, -0.15) is 0 Å². The third-order valence-corrected chi connectivity index (χ3v) is 5.82.